The molecule has 62 heavy (non-hydrogen) atoms. The van der Waals surface area contributed by atoms with Gasteiger partial charge in [0.2, 0.25) is 0 Å². The van der Waals surface area contributed by atoms with Gasteiger partial charge in [0.15, 0.2) is 0 Å². The van der Waals surface area contributed by atoms with Crippen molar-refractivity contribution in [1.29, 1.82) is 0 Å². The van der Waals surface area contributed by atoms with Crippen molar-refractivity contribution >= 4 is 66.4 Å². The number of nitrogens with two attached hydrogens (primary N) is 1. The molecule has 2 heterocycles. The van der Waals surface area contributed by atoms with Gasteiger partial charge in [-0.05, 0) is 154 Å². The summed E-state index contributed by atoms with van der Waals surface area (Å²) < 4.78 is 8.79. The molecule has 4 unspecified atom stereocenters. The first kappa shape index (κ1) is 37.3. The third kappa shape index (κ3) is 5.89. The molecule has 4 atom stereocenters. The predicted octanol–water partition coefficient (Wildman–Crippen LogP) is 14.1. The highest BCUT2D eigenvalue weighted by Crippen LogP contribution is 2.53. The van der Waals surface area contributed by atoms with Crippen molar-refractivity contribution in [2.24, 2.45) is 16.6 Å². The molecule has 5 heteroatoms. The molecule has 7 aromatic carbocycles. The van der Waals surface area contributed by atoms with E-state index in [0.717, 1.165) is 50.2 Å². The first-order chi connectivity index (χ1) is 30.0. The van der Waals surface area contributed by atoms with Crippen LogP contribution in [-0.4, -0.2) is 10.4 Å². The van der Waals surface area contributed by atoms with Gasteiger partial charge in [0, 0.05) is 32.8 Å². The zero-order chi connectivity index (χ0) is 42.1. The Morgan fingerprint density at radius 2 is 1.44 bits per heavy atom. The monoisotopic (exact) mass is 808 g/mol. The number of hydrogen-bond donors (Lipinski definition) is 2. The Balaban J connectivity index is 0.976. The van der Waals surface area contributed by atoms with E-state index in [1.54, 1.807) is 0 Å². The lowest BCUT2D eigenvalue weighted by Crippen LogP contribution is -2.33. The molecular formula is C57H52N4O. The van der Waals surface area contributed by atoms with Gasteiger partial charge in [0.05, 0.1) is 17.1 Å². The standard InChI is InChI=1S/C57H52N4O/c1-33(36-18-24-44-43-12-8-9-13-51(43)62-52(44)30-36)59-55(60-54(58)39-19-23-41-37(28-39)14-15-38-29-45(38)41)35-16-21-40(22-17-35)61-49-25-20-34-10-6-7-11-42(34)53(49)46-31-47-48(32-50(46)61)57(4,5)27-26-56(47,2)3/h6-25,28,30-33,38,45,54H,26-27,29,58H2,1-5H3,(H,59,60). The van der Waals surface area contributed by atoms with Gasteiger partial charge >= 0.3 is 0 Å². The van der Waals surface area contributed by atoms with Crippen LogP contribution in [0.25, 0.3) is 66.3 Å². The normalized spacial score (nSPS) is 19.7. The van der Waals surface area contributed by atoms with E-state index >= 15 is 0 Å². The van der Waals surface area contributed by atoms with Crippen molar-refractivity contribution in [2.75, 3.05) is 0 Å². The number of aliphatic imine (C=N–C) groups is 1. The summed E-state index contributed by atoms with van der Waals surface area (Å²) in [7, 11) is 0. The Bertz CT molecular complexity index is 3360. The molecule has 5 nitrogen and oxygen atoms in total. The van der Waals surface area contributed by atoms with Crippen LogP contribution >= 0.6 is 0 Å². The summed E-state index contributed by atoms with van der Waals surface area (Å²) in [5, 5.41) is 11.2. The fourth-order valence-electron chi connectivity index (χ4n) is 10.9. The summed E-state index contributed by atoms with van der Waals surface area (Å²) in [6.07, 6.45) is 7.67. The maximum atomic E-state index is 7.05. The van der Waals surface area contributed by atoms with Gasteiger partial charge in [0.25, 0.3) is 0 Å². The second kappa shape index (κ2) is 13.5. The Morgan fingerprint density at radius 3 is 2.26 bits per heavy atom. The molecule has 12 rings (SSSR count). The molecule has 3 aliphatic carbocycles. The molecule has 0 aliphatic heterocycles. The number of hydrogen-bond acceptors (Lipinski definition) is 3. The number of benzene rings is 7. The van der Waals surface area contributed by atoms with E-state index in [9.17, 15) is 0 Å². The van der Waals surface area contributed by atoms with Crippen LogP contribution < -0.4 is 11.1 Å². The highest BCUT2D eigenvalue weighted by molar-refractivity contribution is 6.21. The zero-order valence-corrected chi connectivity index (χ0v) is 36.2. The van der Waals surface area contributed by atoms with Crippen molar-refractivity contribution in [3.63, 3.8) is 0 Å². The highest BCUT2D eigenvalue weighted by atomic mass is 16.3. The Hall–Kier alpha value is -6.43. The van der Waals surface area contributed by atoms with Crippen molar-refractivity contribution in [1.82, 2.24) is 9.88 Å². The van der Waals surface area contributed by atoms with Gasteiger partial charge in [-0.2, -0.15) is 0 Å². The maximum Gasteiger partial charge on any atom is 0.135 e. The van der Waals surface area contributed by atoms with Crippen LogP contribution in [0.2, 0.25) is 0 Å². The summed E-state index contributed by atoms with van der Waals surface area (Å²) >= 11 is 0. The van der Waals surface area contributed by atoms with Gasteiger partial charge in [-0.3, -0.25) is 0 Å². The minimum absolute atomic E-state index is 0.0825. The topological polar surface area (TPSA) is 68.5 Å². The number of rotatable bonds is 6. The maximum absolute atomic E-state index is 7.05. The second-order valence-electron chi connectivity index (χ2n) is 19.6. The van der Waals surface area contributed by atoms with Crippen LogP contribution in [0, 0.1) is 5.92 Å². The van der Waals surface area contributed by atoms with E-state index in [2.05, 4.69) is 178 Å². The van der Waals surface area contributed by atoms with Gasteiger partial charge < -0.3 is 20.0 Å². The molecular weight excluding hydrogens is 757 g/mol. The van der Waals surface area contributed by atoms with Crippen molar-refractivity contribution in [3.8, 4) is 5.69 Å². The van der Waals surface area contributed by atoms with Gasteiger partial charge in [-0.25, -0.2) is 4.99 Å². The Labute approximate surface area is 363 Å². The first-order valence-electron chi connectivity index (χ1n) is 22.5. The number of allylic oxidation sites excluding steroid dienone is 1. The molecule has 306 valence electrons. The molecule has 3 aliphatic rings. The molecule has 0 amide bonds. The van der Waals surface area contributed by atoms with Crippen molar-refractivity contribution in [3.05, 3.63) is 178 Å². The van der Waals surface area contributed by atoms with Crippen LogP contribution in [0.4, 0.5) is 0 Å². The van der Waals surface area contributed by atoms with Crippen LogP contribution in [0.15, 0.2) is 149 Å². The number of nitrogens with one attached hydrogen (secondary N) is 1. The van der Waals surface area contributed by atoms with Gasteiger partial charge in [-0.15, -0.1) is 0 Å². The van der Waals surface area contributed by atoms with Crippen LogP contribution in [0.1, 0.15) is 111 Å². The lowest BCUT2D eigenvalue weighted by Gasteiger charge is -2.42. The van der Waals surface area contributed by atoms with Gasteiger partial charge in [-0.1, -0.05) is 113 Å². The first-order valence-corrected chi connectivity index (χ1v) is 22.5. The molecule has 0 spiro atoms. The minimum atomic E-state index is -0.553. The van der Waals surface area contributed by atoms with Crippen molar-refractivity contribution in [2.45, 2.75) is 82.8 Å². The molecule has 3 N–H and O–H groups in total. The van der Waals surface area contributed by atoms with E-state index in [0.29, 0.717) is 11.8 Å². The number of para-hydroxylation sites is 1. The van der Waals surface area contributed by atoms with E-state index in [4.69, 9.17) is 15.1 Å². The molecule has 0 bridgehead atoms. The molecule has 9 aromatic rings. The number of aromatic nitrogens is 1. The summed E-state index contributed by atoms with van der Waals surface area (Å²) in [4.78, 5) is 5.29. The quantitative estimate of drug-likeness (QED) is 0.130. The fourth-order valence-corrected chi connectivity index (χ4v) is 10.9. The third-order valence-electron chi connectivity index (χ3n) is 14.8. The number of furan rings is 1. The Kier molecular flexibility index (Phi) is 8.15. The number of fused-ring (bicyclic) bond motifs is 12. The second-order valence-corrected chi connectivity index (χ2v) is 19.6. The van der Waals surface area contributed by atoms with Crippen molar-refractivity contribution < 1.29 is 4.42 Å². The molecule has 1 saturated carbocycles. The number of nitrogens with zero attached hydrogens (tertiary/aromatic N) is 2. The summed E-state index contributed by atoms with van der Waals surface area (Å²) in [5.74, 6) is 2.11. The van der Waals surface area contributed by atoms with Gasteiger partial charge in [0.1, 0.15) is 23.2 Å². The predicted molar refractivity (Wildman–Crippen MR) is 259 cm³/mol. The fraction of sp³-hybridized carbons (Fsp3) is 0.246. The average molecular weight is 809 g/mol. The van der Waals surface area contributed by atoms with Crippen LogP contribution in [0.3, 0.4) is 0 Å². The molecule has 0 saturated heterocycles. The lowest BCUT2D eigenvalue weighted by molar-refractivity contribution is 0.332. The number of amidine groups is 1. The van der Waals surface area contributed by atoms with E-state index in [1.165, 1.54) is 74.1 Å². The molecule has 0 radical (unpaired) electrons. The summed E-state index contributed by atoms with van der Waals surface area (Å²) in [6.45, 7) is 11.9. The highest BCUT2D eigenvalue weighted by Gasteiger charge is 2.40. The van der Waals surface area contributed by atoms with Crippen LogP contribution in [0.5, 0.6) is 0 Å². The molecule has 2 aromatic heterocycles. The zero-order valence-electron chi connectivity index (χ0n) is 36.2. The van der Waals surface area contributed by atoms with E-state index < -0.39 is 6.17 Å². The summed E-state index contributed by atoms with van der Waals surface area (Å²) in [6, 6.07) is 48.7. The largest absolute Gasteiger partial charge is 0.456 e. The summed E-state index contributed by atoms with van der Waals surface area (Å²) in [5.41, 5.74) is 21.3. The van der Waals surface area contributed by atoms with Crippen LogP contribution in [-0.2, 0) is 10.8 Å². The molecule has 1 fully saturated rings. The lowest BCUT2D eigenvalue weighted by atomic mass is 9.63. The van der Waals surface area contributed by atoms with E-state index in [-0.39, 0.29) is 16.9 Å². The Morgan fingerprint density at radius 1 is 0.710 bits per heavy atom. The minimum Gasteiger partial charge on any atom is -0.456 e. The van der Waals surface area contributed by atoms with E-state index in [1.807, 2.05) is 12.1 Å². The average Bonchev–Trinajstić information content (AvgIpc) is 3.89. The third-order valence-corrected chi connectivity index (χ3v) is 14.8. The SMILES string of the molecule is CC(NC(=NC(N)c1ccc2c(c1)C=CC1CC21)c1ccc(-n2c3cc4c(cc3c3c5ccccc5ccc32)C(C)(C)CCC4(C)C)cc1)c1ccc2c(c1)oc1ccccc12. The smallest absolute Gasteiger partial charge is 0.135 e.